The van der Waals surface area contributed by atoms with Crippen molar-refractivity contribution in [1.29, 1.82) is 0 Å². The highest BCUT2D eigenvalue weighted by molar-refractivity contribution is 7.19. The molecule has 0 atom stereocenters. The van der Waals surface area contributed by atoms with E-state index in [-0.39, 0.29) is 0 Å². The van der Waals surface area contributed by atoms with Crippen LogP contribution in [-0.4, -0.2) is 19.8 Å². The number of fused-ring (bicyclic) bond motifs is 1. The Hall–Kier alpha value is -1.95. The van der Waals surface area contributed by atoms with Gasteiger partial charge in [0.2, 0.25) is 4.96 Å². The Labute approximate surface area is 108 Å². The molecule has 0 radical (unpaired) electrons. The van der Waals surface area contributed by atoms with Gasteiger partial charge in [-0.1, -0.05) is 37.3 Å². The molecule has 0 aliphatic rings. The summed E-state index contributed by atoms with van der Waals surface area (Å²) >= 11 is 1.52. The average Bonchev–Trinajstić information content (AvgIpc) is 2.87. The third-order valence-corrected chi connectivity index (χ3v) is 3.61. The quantitative estimate of drug-likeness (QED) is 0.718. The normalized spacial score (nSPS) is 11.5. The van der Waals surface area contributed by atoms with E-state index in [9.17, 15) is 0 Å². The fraction of sp³-hybridized carbons (Fsp3) is 0.250. The van der Waals surface area contributed by atoms with Crippen LogP contribution >= 0.6 is 11.3 Å². The summed E-state index contributed by atoms with van der Waals surface area (Å²) in [5.74, 6) is 1.19. The molecule has 0 aliphatic heterocycles. The van der Waals surface area contributed by atoms with Crippen LogP contribution in [0.1, 0.15) is 25.6 Å². The molecule has 92 valence electrons. The number of nitrogen functional groups attached to an aromatic ring is 1. The molecule has 0 fully saturated rings. The smallest absolute Gasteiger partial charge is 0.234 e. The van der Waals surface area contributed by atoms with Gasteiger partial charge in [-0.25, -0.2) is 0 Å². The maximum Gasteiger partial charge on any atom is 0.234 e. The summed E-state index contributed by atoms with van der Waals surface area (Å²) in [5, 5.41) is 13.8. The van der Waals surface area contributed by atoms with E-state index in [1.165, 1.54) is 11.3 Å². The lowest BCUT2D eigenvalue weighted by Gasteiger charge is -1.99. The van der Waals surface area contributed by atoms with Crippen LogP contribution in [0, 0.1) is 0 Å². The molecule has 1 aromatic carbocycles. The first-order chi connectivity index (χ1) is 8.65. The molecule has 0 saturated heterocycles. The molecular weight excluding hydrogens is 246 g/mol. The first-order valence-electron chi connectivity index (χ1n) is 5.73. The van der Waals surface area contributed by atoms with Gasteiger partial charge in [-0.3, -0.25) is 0 Å². The highest BCUT2D eigenvalue weighted by Crippen LogP contribution is 2.27. The molecule has 5 nitrogen and oxygen atoms in total. The Kier molecular flexibility index (Phi) is 2.52. The van der Waals surface area contributed by atoms with Crippen molar-refractivity contribution in [2.24, 2.45) is 0 Å². The number of rotatable bonds is 2. The largest absolute Gasteiger partial charge is 0.399 e. The number of hydrogen-bond acceptors (Lipinski definition) is 5. The minimum Gasteiger partial charge on any atom is -0.399 e. The van der Waals surface area contributed by atoms with Crippen molar-refractivity contribution < 1.29 is 0 Å². The van der Waals surface area contributed by atoms with Crippen molar-refractivity contribution in [3.63, 3.8) is 0 Å². The molecule has 0 bridgehead atoms. The van der Waals surface area contributed by atoms with Crippen LogP contribution in [-0.2, 0) is 0 Å². The molecule has 0 spiro atoms. The van der Waals surface area contributed by atoms with Crippen LogP contribution in [0.25, 0.3) is 15.5 Å². The van der Waals surface area contributed by atoms with Gasteiger partial charge in [0.05, 0.1) is 0 Å². The van der Waals surface area contributed by atoms with E-state index in [0.717, 1.165) is 27.0 Å². The molecule has 0 saturated carbocycles. The van der Waals surface area contributed by atoms with Crippen LogP contribution in [0.5, 0.6) is 0 Å². The summed E-state index contributed by atoms with van der Waals surface area (Å²) in [5.41, 5.74) is 7.54. The summed E-state index contributed by atoms with van der Waals surface area (Å²) in [6, 6.07) is 7.71. The highest BCUT2D eigenvalue weighted by Gasteiger charge is 2.14. The first kappa shape index (κ1) is 11.2. The summed E-state index contributed by atoms with van der Waals surface area (Å²) in [4.78, 5) is 0.816. The molecule has 3 rings (SSSR count). The Morgan fingerprint density at radius 1 is 1.28 bits per heavy atom. The highest BCUT2D eigenvalue weighted by atomic mass is 32.1. The Morgan fingerprint density at radius 3 is 2.83 bits per heavy atom. The minimum atomic E-state index is 0.302. The van der Waals surface area contributed by atoms with Crippen molar-refractivity contribution in [3.05, 3.63) is 30.1 Å². The van der Waals surface area contributed by atoms with Gasteiger partial charge in [0, 0.05) is 17.2 Å². The number of hydrogen-bond donors (Lipinski definition) is 1. The fourth-order valence-electron chi connectivity index (χ4n) is 1.78. The third-order valence-electron chi connectivity index (χ3n) is 2.66. The number of anilines is 1. The topological polar surface area (TPSA) is 69.1 Å². The van der Waals surface area contributed by atoms with Crippen molar-refractivity contribution in [3.8, 4) is 10.6 Å². The van der Waals surface area contributed by atoms with Gasteiger partial charge in [0.1, 0.15) is 5.01 Å². The molecule has 0 unspecified atom stereocenters. The molecule has 18 heavy (non-hydrogen) atoms. The van der Waals surface area contributed by atoms with Crippen LogP contribution in [0.4, 0.5) is 5.69 Å². The van der Waals surface area contributed by atoms with Crippen molar-refractivity contribution in [2.45, 2.75) is 19.8 Å². The summed E-state index contributed by atoms with van der Waals surface area (Å²) in [7, 11) is 0. The molecule has 2 N–H and O–H groups in total. The molecule has 0 aliphatic carbocycles. The summed E-state index contributed by atoms with van der Waals surface area (Å²) < 4.78 is 1.81. The number of nitrogens with two attached hydrogens (primary N) is 1. The van der Waals surface area contributed by atoms with Gasteiger partial charge in [0.25, 0.3) is 0 Å². The third kappa shape index (κ3) is 1.74. The molecular formula is C12H13N5S. The summed E-state index contributed by atoms with van der Waals surface area (Å²) in [6.45, 7) is 4.16. The first-order valence-corrected chi connectivity index (χ1v) is 6.55. The lowest BCUT2D eigenvalue weighted by molar-refractivity contribution is 0.727. The van der Waals surface area contributed by atoms with Gasteiger partial charge in [0.15, 0.2) is 5.82 Å². The zero-order valence-corrected chi connectivity index (χ0v) is 11.0. The van der Waals surface area contributed by atoms with Crippen molar-refractivity contribution in [1.82, 2.24) is 19.8 Å². The Bertz CT molecular complexity index is 697. The van der Waals surface area contributed by atoms with Gasteiger partial charge < -0.3 is 5.73 Å². The SMILES string of the molecule is CC(C)c1nnc2sc(-c3cccc(N)c3)nn12. The van der Waals surface area contributed by atoms with Gasteiger partial charge in [-0.05, 0) is 12.1 Å². The lowest BCUT2D eigenvalue weighted by Crippen LogP contribution is -1.97. The second kappa shape index (κ2) is 4.06. The Balaban J connectivity index is 2.14. The van der Waals surface area contributed by atoms with E-state index in [2.05, 4.69) is 29.1 Å². The van der Waals surface area contributed by atoms with Crippen molar-refractivity contribution >= 4 is 22.0 Å². The minimum absolute atomic E-state index is 0.302. The van der Waals surface area contributed by atoms with Crippen LogP contribution in [0.3, 0.4) is 0 Å². The van der Waals surface area contributed by atoms with Crippen LogP contribution in [0.15, 0.2) is 24.3 Å². The average molecular weight is 259 g/mol. The van der Waals surface area contributed by atoms with Crippen molar-refractivity contribution in [2.75, 3.05) is 5.73 Å². The number of benzene rings is 1. The molecule has 2 heterocycles. The van der Waals surface area contributed by atoms with E-state index in [4.69, 9.17) is 5.73 Å². The zero-order chi connectivity index (χ0) is 12.7. The van der Waals surface area contributed by atoms with Crippen LogP contribution in [0.2, 0.25) is 0 Å². The lowest BCUT2D eigenvalue weighted by atomic mass is 10.2. The summed E-state index contributed by atoms with van der Waals surface area (Å²) in [6.07, 6.45) is 0. The van der Waals surface area contributed by atoms with E-state index in [1.807, 2.05) is 28.8 Å². The molecule has 0 amide bonds. The monoisotopic (exact) mass is 259 g/mol. The number of aromatic nitrogens is 4. The molecule has 3 aromatic rings. The van der Waals surface area contributed by atoms with E-state index in [1.54, 1.807) is 0 Å². The second-order valence-electron chi connectivity index (χ2n) is 4.44. The van der Waals surface area contributed by atoms with Gasteiger partial charge in [-0.2, -0.15) is 9.61 Å². The predicted molar refractivity (Wildman–Crippen MR) is 72.6 cm³/mol. The van der Waals surface area contributed by atoms with E-state index < -0.39 is 0 Å². The van der Waals surface area contributed by atoms with Gasteiger partial charge in [-0.15, -0.1) is 10.2 Å². The predicted octanol–water partition coefficient (Wildman–Crippen LogP) is 2.56. The van der Waals surface area contributed by atoms with E-state index >= 15 is 0 Å². The zero-order valence-electron chi connectivity index (χ0n) is 10.2. The van der Waals surface area contributed by atoms with E-state index in [0.29, 0.717) is 5.92 Å². The standard InChI is InChI=1S/C12H13N5S/c1-7(2)10-14-15-12-17(10)16-11(18-12)8-4-3-5-9(13)6-8/h3-7H,13H2,1-2H3. The fourth-order valence-corrected chi connectivity index (χ4v) is 2.62. The Morgan fingerprint density at radius 2 is 2.11 bits per heavy atom. The maximum absolute atomic E-state index is 5.79. The molecule has 6 heteroatoms. The van der Waals surface area contributed by atoms with Crippen LogP contribution < -0.4 is 5.73 Å². The second-order valence-corrected chi connectivity index (χ2v) is 5.40. The maximum atomic E-state index is 5.79. The van der Waals surface area contributed by atoms with Gasteiger partial charge >= 0.3 is 0 Å². The number of nitrogens with zero attached hydrogens (tertiary/aromatic N) is 4. The molecule has 2 aromatic heterocycles.